The van der Waals surface area contributed by atoms with Crippen molar-refractivity contribution in [1.29, 1.82) is 0 Å². The number of anilines is 1. The van der Waals surface area contributed by atoms with Crippen molar-refractivity contribution in [3.05, 3.63) is 35.1 Å². The summed E-state index contributed by atoms with van der Waals surface area (Å²) >= 11 is 3.49. The Bertz CT molecular complexity index is 737. The third kappa shape index (κ3) is 1.94. The molecular weight excluding hydrogens is 310 g/mol. The van der Waals surface area contributed by atoms with E-state index in [0.717, 1.165) is 15.8 Å². The van der Waals surface area contributed by atoms with Gasteiger partial charge in [0.15, 0.2) is 5.76 Å². The molecule has 2 heterocycles. The van der Waals surface area contributed by atoms with Gasteiger partial charge in [0.05, 0.1) is 17.0 Å². The second-order valence-electron chi connectivity index (χ2n) is 3.91. The van der Waals surface area contributed by atoms with Gasteiger partial charge in [-0.3, -0.25) is 0 Å². The molecule has 19 heavy (non-hydrogen) atoms. The van der Waals surface area contributed by atoms with Gasteiger partial charge in [-0.2, -0.15) is 0 Å². The van der Waals surface area contributed by atoms with Crippen molar-refractivity contribution in [3.8, 4) is 17.1 Å². The number of rotatable bonds is 2. The fourth-order valence-corrected chi connectivity index (χ4v) is 2.53. The molecule has 0 saturated heterocycles. The molecule has 0 saturated carbocycles. The van der Waals surface area contributed by atoms with Gasteiger partial charge in [-0.15, -0.1) is 0 Å². The van der Waals surface area contributed by atoms with Crippen LogP contribution in [0.3, 0.4) is 0 Å². The van der Waals surface area contributed by atoms with Gasteiger partial charge in [0, 0.05) is 5.56 Å². The summed E-state index contributed by atoms with van der Waals surface area (Å²) in [5, 5.41) is 0.688. The number of nitrogens with two attached hydrogens (primary N) is 1. The first kappa shape index (κ1) is 12.0. The zero-order valence-corrected chi connectivity index (χ0v) is 11.6. The molecule has 2 N–H and O–H groups in total. The molecule has 96 valence electrons. The van der Waals surface area contributed by atoms with E-state index in [-0.39, 0.29) is 0 Å². The number of fused-ring (bicyclic) bond motifs is 1. The zero-order chi connectivity index (χ0) is 13.4. The van der Waals surface area contributed by atoms with Crippen LogP contribution in [0.5, 0.6) is 5.75 Å². The van der Waals surface area contributed by atoms with E-state index in [9.17, 15) is 0 Å². The summed E-state index contributed by atoms with van der Waals surface area (Å²) in [6.45, 7) is 0. The Kier molecular flexibility index (Phi) is 2.87. The second kappa shape index (κ2) is 4.55. The van der Waals surface area contributed by atoms with Gasteiger partial charge in [-0.1, -0.05) is 0 Å². The Labute approximate surface area is 117 Å². The highest BCUT2D eigenvalue weighted by atomic mass is 79.9. The van der Waals surface area contributed by atoms with E-state index in [1.807, 2.05) is 24.3 Å². The van der Waals surface area contributed by atoms with Crippen LogP contribution in [-0.2, 0) is 0 Å². The van der Waals surface area contributed by atoms with E-state index in [0.29, 0.717) is 22.7 Å². The molecule has 0 spiro atoms. The molecule has 0 unspecified atom stereocenters. The highest BCUT2D eigenvalue weighted by molar-refractivity contribution is 9.10. The lowest BCUT2D eigenvalue weighted by Crippen LogP contribution is -1.90. The highest BCUT2D eigenvalue weighted by Gasteiger charge is 2.17. The molecular formula is C13H10BrN3O2. The monoisotopic (exact) mass is 319 g/mol. The third-order valence-electron chi connectivity index (χ3n) is 2.81. The summed E-state index contributed by atoms with van der Waals surface area (Å²) in [5.74, 6) is 1.85. The molecule has 3 aromatic rings. The lowest BCUT2D eigenvalue weighted by molar-refractivity contribution is 0.415. The first-order valence-electron chi connectivity index (χ1n) is 5.53. The number of benzene rings is 1. The normalized spacial score (nSPS) is 10.8. The fraction of sp³-hybridized carbons (Fsp3) is 0.0769. The Balaban J connectivity index is 2.19. The quantitative estimate of drug-likeness (QED) is 0.784. The van der Waals surface area contributed by atoms with Gasteiger partial charge in [0.2, 0.25) is 5.71 Å². The molecule has 0 aliphatic carbocycles. The molecule has 0 radical (unpaired) electrons. The Morgan fingerprint density at radius 3 is 2.58 bits per heavy atom. The van der Waals surface area contributed by atoms with Crippen molar-refractivity contribution in [2.24, 2.45) is 0 Å². The second-order valence-corrected chi connectivity index (χ2v) is 4.71. The van der Waals surface area contributed by atoms with Crippen molar-refractivity contribution < 1.29 is 9.15 Å². The van der Waals surface area contributed by atoms with Crippen molar-refractivity contribution in [2.75, 3.05) is 12.8 Å². The SMILES string of the molecule is COc1ccc(-c2oc3ncnc(N)c3c2Br)cc1. The Morgan fingerprint density at radius 1 is 1.21 bits per heavy atom. The maximum absolute atomic E-state index is 5.83. The standard InChI is InChI=1S/C13H10BrN3O2/c1-18-8-4-2-7(3-5-8)11-10(14)9-12(15)16-6-17-13(9)19-11/h2-6H,1H3,(H2,15,16,17). The Hall–Kier alpha value is -2.08. The number of aromatic nitrogens is 2. The number of methoxy groups -OCH3 is 1. The zero-order valence-electron chi connectivity index (χ0n) is 10.1. The summed E-state index contributed by atoms with van der Waals surface area (Å²) in [6, 6.07) is 7.55. The van der Waals surface area contributed by atoms with Gasteiger partial charge < -0.3 is 14.9 Å². The van der Waals surface area contributed by atoms with Crippen LogP contribution in [-0.4, -0.2) is 17.1 Å². The first-order valence-corrected chi connectivity index (χ1v) is 6.33. The first-order chi connectivity index (χ1) is 9.20. The van der Waals surface area contributed by atoms with Crippen molar-refractivity contribution in [2.45, 2.75) is 0 Å². The minimum absolute atomic E-state index is 0.389. The van der Waals surface area contributed by atoms with E-state index >= 15 is 0 Å². The molecule has 0 amide bonds. The van der Waals surface area contributed by atoms with Gasteiger partial charge in [0.1, 0.15) is 17.9 Å². The van der Waals surface area contributed by atoms with E-state index in [2.05, 4.69) is 25.9 Å². The van der Waals surface area contributed by atoms with E-state index in [1.54, 1.807) is 7.11 Å². The van der Waals surface area contributed by atoms with Gasteiger partial charge in [-0.25, -0.2) is 9.97 Å². The number of hydrogen-bond acceptors (Lipinski definition) is 5. The smallest absolute Gasteiger partial charge is 0.233 e. The van der Waals surface area contributed by atoms with Gasteiger partial charge >= 0.3 is 0 Å². The number of hydrogen-bond donors (Lipinski definition) is 1. The van der Waals surface area contributed by atoms with Crippen LogP contribution in [0.4, 0.5) is 5.82 Å². The summed E-state index contributed by atoms with van der Waals surface area (Å²) < 4.78 is 11.6. The molecule has 0 bridgehead atoms. The van der Waals surface area contributed by atoms with Crippen LogP contribution < -0.4 is 10.5 Å². The number of nitrogen functional groups attached to an aromatic ring is 1. The minimum atomic E-state index is 0.389. The summed E-state index contributed by atoms with van der Waals surface area (Å²) in [5.41, 5.74) is 7.20. The van der Waals surface area contributed by atoms with Crippen molar-refractivity contribution in [3.63, 3.8) is 0 Å². The van der Waals surface area contributed by atoms with Crippen LogP contribution in [0.1, 0.15) is 0 Å². The summed E-state index contributed by atoms with van der Waals surface area (Å²) in [4.78, 5) is 8.03. The molecule has 5 nitrogen and oxygen atoms in total. The predicted octanol–water partition coefficient (Wildman–Crippen LogP) is 3.24. The number of nitrogens with zero attached hydrogens (tertiary/aromatic N) is 2. The molecule has 1 aromatic carbocycles. The number of furan rings is 1. The molecule has 0 atom stereocenters. The van der Waals surface area contributed by atoms with E-state index < -0.39 is 0 Å². The third-order valence-corrected chi connectivity index (χ3v) is 3.57. The fourth-order valence-electron chi connectivity index (χ4n) is 1.85. The van der Waals surface area contributed by atoms with Gasteiger partial charge in [0.25, 0.3) is 0 Å². The predicted molar refractivity (Wildman–Crippen MR) is 75.9 cm³/mol. The van der Waals surface area contributed by atoms with E-state index in [4.69, 9.17) is 14.9 Å². The Morgan fingerprint density at radius 2 is 1.95 bits per heavy atom. The molecule has 0 aliphatic rings. The van der Waals surface area contributed by atoms with Crippen LogP contribution in [0.2, 0.25) is 0 Å². The lowest BCUT2D eigenvalue weighted by Gasteiger charge is -2.01. The highest BCUT2D eigenvalue weighted by Crippen LogP contribution is 2.38. The lowest BCUT2D eigenvalue weighted by atomic mass is 10.1. The number of ether oxygens (including phenoxy) is 1. The topological polar surface area (TPSA) is 74.2 Å². The molecule has 0 fully saturated rings. The largest absolute Gasteiger partial charge is 0.497 e. The minimum Gasteiger partial charge on any atom is -0.497 e. The van der Waals surface area contributed by atoms with Crippen LogP contribution >= 0.6 is 15.9 Å². The van der Waals surface area contributed by atoms with Crippen molar-refractivity contribution >= 4 is 32.8 Å². The van der Waals surface area contributed by atoms with Crippen LogP contribution in [0, 0.1) is 0 Å². The average Bonchev–Trinajstić information content (AvgIpc) is 2.78. The summed E-state index contributed by atoms with van der Waals surface area (Å²) in [6.07, 6.45) is 1.38. The number of halogens is 1. The van der Waals surface area contributed by atoms with Crippen LogP contribution in [0.15, 0.2) is 39.5 Å². The van der Waals surface area contributed by atoms with E-state index in [1.165, 1.54) is 6.33 Å². The maximum atomic E-state index is 5.83. The molecule has 0 aliphatic heterocycles. The van der Waals surface area contributed by atoms with Gasteiger partial charge in [-0.05, 0) is 40.2 Å². The average molecular weight is 320 g/mol. The van der Waals surface area contributed by atoms with Crippen molar-refractivity contribution in [1.82, 2.24) is 9.97 Å². The summed E-state index contributed by atoms with van der Waals surface area (Å²) in [7, 11) is 1.63. The molecule has 2 aromatic heterocycles. The maximum Gasteiger partial charge on any atom is 0.233 e. The molecule has 6 heteroatoms. The molecule has 3 rings (SSSR count). The van der Waals surface area contributed by atoms with Crippen LogP contribution in [0.25, 0.3) is 22.4 Å².